The van der Waals surface area contributed by atoms with E-state index in [1.807, 2.05) is 0 Å². The Balaban J connectivity index is 3.70. The van der Waals surface area contributed by atoms with Gasteiger partial charge in [-0.1, -0.05) is 0 Å². The van der Waals surface area contributed by atoms with Crippen LogP contribution in [-0.4, -0.2) is 33.2 Å². The molecule has 10 heavy (non-hydrogen) atoms. The summed E-state index contributed by atoms with van der Waals surface area (Å²) in [7, 11) is 4.65. The molecule has 0 aliphatic rings. The summed E-state index contributed by atoms with van der Waals surface area (Å²) in [4.78, 5) is 0. The lowest BCUT2D eigenvalue weighted by Gasteiger charge is -2.19. The van der Waals surface area contributed by atoms with Crippen LogP contribution in [0.4, 0.5) is 0 Å². The SMILES string of the molecule is CO[C](OC)C(CS)OC. The van der Waals surface area contributed by atoms with Crippen LogP contribution in [0.1, 0.15) is 0 Å². The molecule has 0 aliphatic carbocycles. The van der Waals surface area contributed by atoms with E-state index < -0.39 is 0 Å². The maximum Gasteiger partial charge on any atom is 0.254 e. The van der Waals surface area contributed by atoms with Crippen molar-refractivity contribution in [3.63, 3.8) is 0 Å². The van der Waals surface area contributed by atoms with E-state index in [4.69, 9.17) is 14.2 Å². The van der Waals surface area contributed by atoms with E-state index in [0.717, 1.165) is 0 Å². The van der Waals surface area contributed by atoms with Crippen molar-refractivity contribution in [1.29, 1.82) is 0 Å². The van der Waals surface area contributed by atoms with Gasteiger partial charge in [-0.3, -0.25) is 0 Å². The molecule has 0 N–H and O–H groups in total. The first-order valence-corrected chi connectivity index (χ1v) is 3.51. The van der Waals surface area contributed by atoms with E-state index in [-0.39, 0.29) is 6.10 Å². The highest BCUT2D eigenvalue weighted by atomic mass is 32.1. The maximum absolute atomic E-state index is 4.98. The fourth-order valence-corrected chi connectivity index (χ4v) is 0.890. The van der Waals surface area contributed by atoms with Gasteiger partial charge in [0.25, 0.3) is 6.29 Å². The molecule has 1 atom stereocenters. The van der Waals surface area contributed by atoms with Crippen molar-refractivity contribution in [2.24, 2.45) is 0 Å². The first-order valence-electron chi connectivity index (χ1n) is 2.88. The number of hydrogen-bond acceptors (Lipinski definition) is 4. The molecule has 0 spiro atoms. The Morgan fingerprint density at radius 2 is 1.80 bits per heavy atom. The highest BCUT2D eigenvalue weighted by Crippen LogP contribution is 2.12. The van der Waals surface area contributed by atoms with Gasteiger partial charge in [0.05, 0.1) is 0 Å². The lowest BCUT2D eigenvalue weighted by atomic mass is 10.4. The predicted octanol–water partition coefficient (Wildman–Crippen LogP) is 0.713. The van der Waals surface area contributed by atoms with E-state index >= 15 is 0 Å². The predicted molar refractivity (Wildman–Crippen MR) is 41.9 cm³/mol. The minimum absolute atomic E-state index is 0.182. The van der Waals surface area contributed by atoms with Gasteiger partial charge in [-0.05, 0) is 0 Å². The summed E-state index contributed by atoms with van der Waals surface area (Å²) in [5.74, 6) is 0.549. The molecule has 0 amide bonds. The molecule has 0 aromatic rings. The van der Waals surface area contributed by atoms with Gasteiger partial charge < -0.3 is 14.2 Å². The summed E-state index contributed by atoms with van der Waals surface area (Å²) < 4.78 is 14.7. The second-order valence-electron chi connectivity index (χ2n) is 1.63. The lowest BCUT2D eigenvalue weighted by molar-refractivity contribution is -0.0740. The summed E-state index contributed by atoms with van der Waals surface area (Å²) in [5.41, 5.74) is 0. The zero-order valence-electron chi connectivity index (χ0n) is 6.46. The van der Waals surface area contributed by atoms with Gasteiger partial charge in [-0.2, -0.15) is 12.6 Å². The van der Waals surface area contributed by atoms with E-state index in [1.165, 1.54) is 14.2 Å². The molecule has 1 radical (unpaired) electrons. The molecule has 0 aromatic heterocycles. The maximum atomic E-state index is 4.98. The molecule has 0 aliphatic heterocycles. The van der Waals surface area contributed by atoms with Crippen LogP contribution >= 0.6 is 12.6 Å². The second-order valence-corrected chi connectivity index (χ2v) is 2.00. The standard InChI is InChI=1S/C6H13O3S/c1-7-5(4-10)6(8-2)9-3/h5,10H,4H2,1-3H3. The Hall–Kier alpha value is 0.230. The van der Waals surface area contributed by atoms with E-state index in [9.17, 15) is 0 Å². The van der Waals surface area contributed by atoms with Gasteiger partial charge >= 0.3 is 0 Å². The minimum atomic E-state index is -0.182. The van der Waals surface area contributed by atoms with Crippen molar-refractivity contribution in [3.05, 3.63) is 6.29 Å². The van der Waals surface area contributed by atoms with Gasteiger partial charge in [0.2, 0.25) is 0 Å². The van der Waals surface area contributed by atoms with Crippen molar-refractivity contribution in [2.75, 3.05) is 27.1 Å². The topological polar surface area (TPSA) is 27.7 Å². The molecule has 1 unspecified atom stereocenters. The minimum Gasteiger partial charge on any atom is -0.375 e. The average molecular weight is 165 g/mol. The largest absolute Gasteiger partial charge is 0.375 e. The first-order chi connectivity index (χ1) is 4.79. The van der Waals surface area contributed by atoms with Crippen molar-refractivity contribution in [2.45, 2.75) is 6.10 Å². The van der Waals surface area contributed by atoms with Crippen LogP contribution in [0, 0.1) is 6.29 Å². The average Bonchev–Trinajstić information content (AvgIpc) is 2.00. The molecule has 0 bridgehead atoms. The molecule has 4 heteroatoms. The Labute approximate surface area is 67.1 Å². The van der Waals surface area contributed by atoms with E-state index in [1.54, 1.807) is 7.11 Å². The van der Waals surface area contributed by atoms with E-state index in [2.05, 4.69) is 12.6 Å². The number of thiol groups is 1. The zero-order chi connectivity index (χ0) is 7.98. The van der Waals surface area contributed by atoms with Crippen molar-refractivity contribution in [1.82, 2.24) is 0 Å². The Kier molecular flexibility index (Phi) is 6.11. The third kappa shape index (κ3) is 2.88. The summed E-state index contributed by atoms with van der Waals surface area (Å²) in [6.45, 7) is 0. The summed E-state index contributed by atoms with van der Waals surface area (Å²) >= 11 is 4.04. The Morgan fingerprint density at radius 3 is 1.90 bits per heavy atom. The van der Waals surface area contributed by atoms with Crippen LogP contribution in [0.2, 0.25) is 0 Å². The quantitative estimate of drug-likeness (QED) is 0.608. The van der Waals surface area contributed by atoms with E-state index in [0.29, 0.717) is 12.0 Å². The number of ether oxygens (including phenoxy) is 3. The normalized spacial score (nSPS) is 14.1. The van der Waals surface area contributed by atoms with Crippen LogP contribution in [0.15, 0.2) is 0 Å². The number of hydrogen-bond donors (Lipinski definition) is 1. The molecular formula is C6H13O3S. The van der Waals surface area contributed by atoms with Crippen LogP contribution in [0.5, 0.6) is 0 Å². The monoisotopic (exact) mass is 165 g/mol. The lowest BCUT2D eigenvalue weighted by Crippen LogP contribution is -2.25. The van der Waals surface area contributed by atoms with Crippen LogP contribution < -0.4 is 0 Å². The van der Waals surface area contributed by atoms with Crippen LogP contribution in [0.25, 0.3) is 0 Å². The molecule has 0 fully saturated rings. The summed E-state index contributed by atoms with van der Waals surface area (Å²) in [6, 6.07) is 0. The van der Waals surface area contributed by atoms with Crippen LogP contribution in [-0.2, 0) is 14.2 Å². The van der Waals surface area contributed by atoms with Gasteiger partial charge in [-0.25, -0.2) is 0 Å². The Morgan fingerprint density at radius 1 is 1.30 bits per heavy atom. The van der Waals surface area contributed by atoms with Crippen LogP contribution in [0.3, 0.4) is 0 Å². The fourth-order valence-electron chi connectivity index (χ4n) is 0.592. The van der Waals surface area contributed by atoms with Crippen molar-refractivity contribution in [3.8, 4) is 0 Å². The van der Waals surface area contributed by atoms with Crippen molar-refractivity contribution >= 4 is 12.6 Å². The van der Waals surface area contributed by atoms with Crippen molar-refractivity contribution < 1.29 is 14.2 Å². The molecule has 0 rings (SSSR count). The number of rotatable bonds is 5. The first kappa shape index (κ1) is 10.2. The highest BCUT2D eigenvalue weighted by molar-refractivity contribution is 7.80. The fraction of sp³-hybridized carbons (Fsp3) is 0.833. The molecule has 0 heterocycles. The highest BCUT2D eigenvalue weighted by Gasteiger charge is 2.20. The van der Waals surface area contributed by atoms with Gasteiger partial charge in [0, 0.05) is 27.1 Å². The summed E-state index contributed by atoms with van der Waals surface area (Å²) in [5, 5.41) is 0. The van der Waals surface area contributed by atoms with Gasteiger partial charge in [0.1, 0.15) is 6.10 Å². The Bertz CT molecular complexity index is 61.4. The zero-order valence-corrected chi connectivity index (χ0v) is 7.35. The third-order valence-corrected chi connectivity index (χ3v) is 1.45. The van der Waals surface area contributed by atoms with Gasteiger partial charge in [-0.15, -0.1) is 0 Å². The third-order valence-electron chi connectivity index (χ3n) is 1.12. The molecule has 0 saturated heterocycles. The molecule has 0 saturated carbocycles. The smallest absolute Gasteiger partial charge is 0.254 e. The second kappa shape index (κ2) is 5.97. The molecule has 61 valence electrons. The number of methoxy groups -OCH3 is 3. The van der Waals surface area contributed by atoms with Gasteiger partial charge in [0.15, 0.2) is 0 Å². The molecule has 0 aromatic carbocycles. The molecular weight excluding hydrogens is 152 g/mol. The summed E-state index contributed by atoms with van der Waals surface area (Å²) in [6.07, 6.45) is 0.274. The molecule has 3 nitrogen and oxygen atoms in total.